The maximum Gasteiger partial charge on any atom is 0.246 e. The summed E-state index contributed by atoms with van der Waals surface area (Å²) in [6, 6.07) is 4.88. The Balaban J connectivity index is 1.70. The third-order valence-corrected chi connectivity index (χ3v) is 5.75. The fourth-order valence-electron chi connectivity index (χ4n) is 3.86. The Bertz CT molecular complexity index is 769. The van der Waals surface area contributed by atoms with Crippen LogP contribution in [0.3, 0.4) is 0 Å². The summed E-state index contributed by atoms with van der Waals surface area (Å²) in [5, 5.41) is 6.21. The van der Waals surface area contributed by atoms with Gasteiger partial charge in [0.1, 0.15) is 11.6 Å². The highest BCUT2D eigenvalue weighted by atomic mass is 35.5. The van der Waals surface area contributed by atoms with Gasteiger partial charge in [-0.3, -0.25) is 14.4 Å². The molecule has 0 aliphatic carbocycles. The molecule has 8 heteroatoms. The zero-order valence-electron chi connectivity index (χ0n) is 15.4. The summed E-state index contributed by atoms with van der Waals surface area (Å²) in [5.74, 6) is -0.504. The number of halogens is 1. The minimum Gasteiger partial charge on any atom is -0.350 e. The van der Waals surface area contributed by atoms with Gasteiger partial charge in [-0.1, -0.05) is 17.7 Å². The smallest absolute Gasteiger partial charge is 0.246 e. The van der Waals surface area contributed by atoms with Gasteiger partial charge in [0, 0.05) is 31.1 Å². The van der Waals surface area contributed by atoms with Crippen LogP contribution in [-0.2, 0) is 27.5 Å². The van der Waals surface area contributed by atoms with E-state index in [1.54, 1.807) is 24.0 Å². The summed E-state index contributed by atoms with van der Waals surface area (Å²) in [6.45, 7) is 2.95. The zero-order valence-corrected chi connectivity index (χ0v) is 16.1. The number of nitrogens with zero attached hydrogens (tertiary/aromatic N) is 1. The number of amides is 3. The fourth-order valence-corrected chi connectivity index (χ4v) is 4.06. The first-order valence-electron chi connectivity index (χ1n) is 9.21. The van der Waals surface area contributed by atoms with Crippen molar-refractivity contribution in [3.8, 4) is 0 Å². The number of hydrogen-bond donors (Lipinski definition) is 3. The second-order valence-corrected chi connectivity index (χ2v) is 7.76. The van der Waals surface area contributed by atoms with E-state index in [9.17, 15) is 14.4 Å². The SMILES string of the molecule is CC1(C(=O)NCc2cc(Cl)ccc2CN)CCCN1C(=O)C1CCC(=O)N1. The van der Waals surface area contributed by atoms with Crippen molar-refractivity contribution in [1.82, 2.24) is 15.5 Å². The molecule has 0 radical (unpaired) electrons. The van der Waals surface area contributed by atoms with Gasteiger partial charge in [0.2, 0.25) is 17.7 Å². The van der Waals surface area contributed by atoms with E-state index in [-0.39, 0.29) is 17.7 Å². The molecule has 7 nitrogen and oxygen atoms in total. The first kappa shape index (κ1) is 19.6. The van der Waals surface area contributed by atoms with Crippen molar-refractivity contribution in [2.75, 3.05) is 6.54 Å². The summed E-state index contributed by atoms with van der Waals surface area (Å²) in [4.78, 5) is 38.8. The van der Waals surface area contributed by atoms with Crippen molar-refractivity contribution < 1.29 is 14.4 Å². The van der Waals surface area contributed by atoms with E-state index < -0.39 is 11.6 Å². The van der Waals surface area contributed by atoms with E-state index in [0.717, 1.165) is 17.5 Å². The van der Waals surface area contributed by atoms with Crippen LogP contribution in [-0.4, -0.2) is 40.7 Å². The summed E-state index contributed by atoms with van der Waals surface area (Å²) in [5.41, 5.74) is 6.61. The Morgan fingerprint density at radius 1 is 1.41 bits per heavy atom. The highest BCUT2D eigenvalue weighted by Crippen LogP contribution is 2.31. The zero-order chi connectivity index (χ0) is 19.6. The Hall–Kier alpha value is -2.12. The van der Waals surface area contributed by atoms with Crippen LogP contribution in [0.5, 0.6) is 0 Å². The predicted octanol–water partition coefficient (Wildman–Crippen LogP) is 1.07. The summed E-state index contributed by atoms with van der Waals surface area (Å²) in [7, 11) is 0. The van der Waals surface area contributed by atoms with Gasteiger partial charge in [-0.05, 0) is 49.4 Å². The Kier molecular flexibility index (Phi) is 5.72. The molecule has 3 amide bonds. The van der Waals surface area contributed by atoms with E-state index in [2.05, 4.69) is 10.6 Å². The van der Waals surface area contributed by atoms with Gasteiger partial charge in [0.15, 0.2) is 0 Å². The second kappa shape index (κ2) is 7.86. The van der Waals surface area contributed by atoms with Crippen molar-refractivity contribution in [3.63, 3.8) is 0 Å². The van der Waals surface area contributed by atoms with Gasteiger partial charge in [-0.25, -0.2) is 0 Å². The lowest BCUT2D eigenvalue weighted by atomic mass is 9.96. The molecule has 1 aromatic rings. The van der Waals surface area contributed by atoms with Crippen molar-refractivity contribution in [2.45, 2.75) is 57.3 Å². The predicted molar refractivity (Wildman–Crippen MR) is 102 cm³/mol. The molecule has 2 aliphatic rings. The molecule has 2 fully saturated rings. The highest BCUT2D eigenvalue weighted by Gasteiger charge is 2.47. The van der Waals surface area contributed by atoms with Crippen LogP contribution in [0.4, 0.5) is 0 Å². The molecule has 4 N–H and O–H groups in total. The first-order chi connectivity index (χ1) is 12.8. The molecular weight excluding hydrogens is 368 g/mol. The average Bonchev–Trinajstić information content (AvgIpc) is 3.26. The molecule has 2 saturated heterocycles. The number of carbonyl (C=O) groups excluding carboxylic acids is 3. The van der Waals surface area contributed by atoms with Gasteiger partial charge < -0.3 is 21.3 Å². The molecule has 2 atom stereocenters. The van der Waals surface area contributed by atoms with Gasteiger partial charge in [0.25, 0.3) is 0 Å². The van der Waals surface area contributed by atoms with E-state index >= 15 is 0 Å². The second-order valence-electron chi connectivity index (χ2n) is 7.33. The lowest BCUT2D eigenvalue weighted by Gasteiger charge is -2.35. The summed E-state index contributed by atoms with van der Waals surface area (Å²) >= 11 is 6.05. The third-order valence-electron chi connectivity index (χ3n) is 5.52. The van der Waals surface area contributed by atoms with Gasteiger partial charge in [-0.2, -0.15) is 0 Å². The molecule has 1 aromatic carbocycles. The number of rotatable bonds is 5. The lowest BCUT2D eigenvalue weighted by Crippen LogP contribution is -2.58. The average molecular weight is 393 g/mol. The number of hydrogen-bond acceptors (Lipinski definition) is 4. The van der Waals surface area contributed by atoms with E-state index in [1.165, 1.54) is 0 Å². The highest BCUT2D eigenvalue weighted by molar-refractivity contribution is 6.30. The number of benzene rings is 1. The summed E-state index contributed by atoms with van der Waals surface area (Å²) < 4.78 is 0. The third kappa shape index (κ3) is 3.94. The molecular formula is C19H25ClN4O3. The molecule has 2 aliphatic heterocycles. The van der Waals surface area contributed by atoms with Gasteiger partial charge in [0.05, 0.1) is 0 Å². The van der Waals surface area contributed by atoms with Gasteiger partial charge >= 0.3 is 0 Å². The van der Waals surface area contributed by atoms with Crippen LogP contribution >= 0.6 is 11.6 Å². The normalized spacial score (nSPS) is 24.8. The van der Waals surface area contributed by atoms with Crippen molar-refractivity contribution >= 4 is 29.3 Å². The quantitative estimate of drug-likeness (QED) is 0.697. The van der Waals surface area contributed by atoms with Gasteiger partial charge in [-0.15, -0.1) is 0 Å². The van der Waals surface area contributed by atoms with E-state index in [0.29, 0.717) is 43.9 Å². The van der Waals surface area contributed by atoms with Crippen molar-refractivity contribution in [2.24, 2.45) is 5.73 Å². The van der Waals surface area contributed by atoms with Crippen LogP contribution in [0.1, 0.15) is 43.7 Å². The topological polar surface area (TPSA) is 105 Å². The molecule has 0 aromatic heterocycles. The van der Waals surface area contributed by atoms with Crippen molar-refractivity contribution in [3.05, 3.63) is 34.3 Å². The summed E-state index contributed by atoms with van der Waals surface area (Å²) in [6.07, 6.45) is 2.17. The Labute approximate surface area is 163 Å². The van der Waals surface area contributed by atoms with Crippen LogP contribution in [0, 0.1) is 0 Å². The van der Waals surface area contributed by atoms with Crippen molar-refractivity contribution in [1.29, 1.82) is 0 Å². The molecule has 3 rings (SSSR count). The first-order valence-corrected chi connectivity index (χ1v) is 9.59. The van der Waals surface area contributed by atoms with Crippen LogP contribution in [0.2, 0.25) is 5.02 Å². The largest absolute Gasteiger partial charge is 0.350 e. The van der Waals surface area contributed by atoms with E-state index in [4.69, 9.17) is 17.3 Å². The van der Waals surface area contributed by atoms with Crippen LogP contribution in [0.15, 0.2) is 18.2 Å². The molecule has 2 unspecified atom stereocenters. The maximum atomic E-state index is 13.0. The Morgan fingerprint density at radius 3 is 2.85 bits per heavy atom. The van der Waals surface area contributed by atoms with Crippen LogP contribution in [0.25, 0.3) is 0 Å². The monoisotopic (exact) mass is 392 g/mol. The molecule has 0 spiro atoms. The lowest BCUT2D eigenvalue weighted by molar-refractivity contribution is -0.145. The van der Waals surface area contributed by atoms with E-state index in [1.807, 2.05) is 6.07 Å². The fraction of sp³-hybridized carbons (Fsp3) is 0.526. The van der Waals surface area contributed by atoms with Crippen LogP contribution < -0.4 is 16.4 Å². The molecule has 0 saturated carbocycles. The molecule has 0 bridgehead atoms. The minimum atomic E-state index is -0.925. The molecule has 146 valence electrons. The number of carbonyl (C=O) groups is 3. The molecule has 27 heavy (non-hydrogen) atoms. The maximum absolute atomic E-state index is 13.0. The Morgan fingerprint density at radius 2 is 2.19 bits per heavy atom. The number of likely N-dealkylation sites (tertiary alicyclic amines) is 1. The number of nitrogens with one attached hydrogen (secondary N) is 2. The minimum absolute atomic E-state index is 0.117. The number of nitrogens with two attached hydrogens (primary N) is 1. The molecule has 2 heterocycles. The standard InChI is InChI=1S/C19H25ClN4O3/c1-19(7-2-8-24(19)17(26)15-5-6-16(25)23-15)18(27)22-11-13-9-14(20)4-3-12(13)10-21/h3-4,9,15H,2,5-8,10-11,21H2,1H3,(H,22,27)(H,23,25).